The predicted octanol–water partition coefficient (Wildman–Crippen LogP) is 4.41. The molecule has 0 unspecified atom stereocenters. The minimum atomic E-state index is -1.73. The van der Waals surface area contributed by atoms with Crippen LogP contribution in [-0.2, 0) is 48.3 Å². The van der Waals surface area contributed by atoms with Crippen molar-refractivity contribution in [2.24, 2.45) is 0 Å². The highest BCUT2D eigenvalue weighted by atomic mass is 16.7. The van der Waals surface area contributed by atoms with Crippen molar-refractivity contribution < 1.29 is 33.6 Å². The van der Waals surface area contributed by atoms with Crippen LogP contribution >= 0.6 is 0 Å². The first-order chi connectivity index (χ1) is 17.9. The van der Waals surface area contributed by atoms with Gasteiger partial charge in [0.25, 0.3) is 0 Å². The molecule has 0 saturated carbocycles. The average Bonchev–Trinajstić information content (AvgIpc) is 2.91. The highest BCUT2D eigenvalue weighted by Crippen LogP contribution is 2.35. The summed E-state index contributed by atoms with van der Waals surface area (Å²) >= 11 is 0. The third-order valence-corrected chi connectivity index (χ3v) is 6.20. The van der Waals surface area contributed by atoms with Crippen LogP contribution in [0.1, 0.15) is 30.5 Å². The molecule has 1 aliphatic rings. The lowest BCUT2D eigenvalue weighted by Gasteiger charge is -2.48. The summed E-state index contributed by atoms with van der Waals surface area (Å²) in [6.07, 6.45) is -3.08. The van der Waals surface area contributed by atoms with Crippen molar-refractivity contribution in [2.75, 3.05) is 6.61 Å². The Balaban J connectivity index is 1.61. The predicted molar refractivity (Wildman–Crippen MR) is 137 cm³/mol. The quantitative estimate of drug-likeness (QED) is 0.386. The molecule has 7 heteroatoms. The van der Waals surface area contributed by atoms with Gasteiger partial charge in [-0.2, -0.15) is 0 Å². The lowest BCUT2D eigenvalue weighted by atomic mass is 9.92. The van der Waals surface area contributed by atoms with E-state index in [0.29, 0.717) is 0 Å². The summed E-state index contributed by atoms with van der Waals surface area (Å²) in [6.45, 7) is 3.58. The van der Waals surface area contributed by atoms with E-state index in [4.69, 9.17) is 23.7 Å². The first kappa shape index (κ1) is 27.0. The van der Waals surface area contributed by atoms with Crippen molar-refractivity contribution in [1.82, 2.24) is 0 Å². The van der Waals surface area contributed by atoms with E-state index < -0.39 is 36.2 Å². The van der Waals surface area contributed by atoms with Gasteiger partial charge in [0.2, 0.25) is 0 Å². The van der Waals surface area contributed by atoms with E-state index in [1.54, 1.807) is 0 Å². The van der Waals surface area contributed by atoms with Crippen molar-refractivity contribution in [3.05, 3.63) is 108 Å². The highest BCUT2D eigenvalue weighted by Gasteiger charge is 2.54. The van der Waals surface area contributed by atoms with Crippen molar-refractivity contribution in [3.63, 3.8) is 0 Å². The molecule has 0 radical (unpaired) electrons. The summed E-state index contributed by atoms with van der Waals surface area (Å²) in [4.78, 5) is 11.6. The van der Waals surface area contributed by atoms with Gasteiger partial charge in [-0.05, 0) is 23.6 Å². The van der Waals surface area contributed by atoms with Crippen LogP contribution in [0.4, 0.5) is 0 Å². The largest absolute Gasteiger partial charge is 0.463 e. The fourth-order valence-corrected chi connectivity index (χ4v) is 4.39. The van der Waals surface area contributed by atoms with Gasteiger partial charge in [-0.15, -0.1) is 0 Å². The Morgan fingerprint density at radius 1 is 0.757 bits per heavy atom. The minimum Gasteiger partial charge on any atom is -0.463 e. The fraction of sp³-hybridized carbons (Fsp3) is 0.367. The molecule has 196 valence electrons. The number of rotatable bonds is 11. The second-order valence-electron chi connectivity index (χ2n) is 9.25. The summed E-state index contributed by atoms with van der Waals surface area (Å²) in [5, 5.41) is 11.4. The topological polar surface area (TPSA) is 83.5 Å². The monoisotopic (exact) mass is 506 g/mol. The summed E-state index contributed by atoms with van der Waals surface area (Å²) in [6, 6.07) is 29.2. The maximum absolute atomic E-state index is 11.6. The van der Waals surface area contributed by atoms with Crippen LogP contribution in [0.3, 0.4) is 0 Å². The van der Waals surface area contributed by atoms with Gasteiger partial charge in [0, 0.05) is 6.92 Å². The van der Waals surface area contributed by atoms with Gasteiger partial charge in [-0.25, -0.2) is 0 Å². The van der Waals surface area contributed by atoms with Gasteiger partial charge >= 0.3 is 5.97 Å². The Labute approximate surface area is 217 Å². The lowest BCUT2D eigenvalue weighted by molar-refractivity contribution is -0.362. The average molecular weight is 507 g/mol. The van der Waals surface area contributed by atoms with Crippen molar-refractivity contribution >= 4 is 5.97 Å². The lowest BCUT2D eigenvalue weighted by Crippen LogP contribution is -2.66. The van der Waals surface area contributed by atoms with Crippen LogP contribution in [0, 0.1) is 0 Å². The summed E-state index contributed by atoms with van der Waals surface area (Å²) in [7, 11) is 0. The number of benzene rings is 3. The molecule has 1 heterocycles. The molecule has 0 aliphatic carbocycles. The number of hydrogen-bond donors (Lipinski definition) is 1. The number of aliphatic hydroxyl groups is 1. The molecule has 7 nitrogen and oxygen atoms in total. The first-order valence-corrected chi connectivity index (χ1v) is 12.4. The molecule has 1 fully saturated rings. The molecule has 37 heavy (non-hydrogen) atoms. The Kier molecular flexibility index (Phi) is 9.44. The van der Waals surface area contributed by atoms with Crippen molar-refractivity contribution in [3.8, 4) is 0 Å². The molecule has 3 aromatic rings. The maximum atomic E-state index is 11.6. The zero-order valence-corrected chi connectivity index (χ0v) is 21.2. The van der Waals surface area contributed by atoms with Crippen LogP contribution in [0.5, 0.6) is 0 Å². The van der Waals surface area contributed by atoms with Crippen LogP contribution in [0.2, 0.25) is 0 Å². The molecule has 0 amide bonds. The molecule has 0 spiro atoms. The highest BCUT2D eigenvalue weighted by molar-refractivity contribution is 5.65. The molecule has 1 saturated heterocycles. The number of ether oxygens (including phenoxy) is 5. The number of hydrogen-bond acceptors (Lipinski definition) is 7. The molecule has 0 bridgehead atoms. The van der Waals surface area contributed by atoms with E-state index in [1.807, 2.05) is 91.0 Å². The summed E-state index contributed by atoms with van der Waals surface area (Å²) in [5.74, 6) is -2.18. The van der Waals surface area contributed by atoms with Crippen LogP contribution in [0.25, 0.3) is 0 Å². The van der Waals surface area contributed by atoms with Crippen molar-refractivity contribution in [1.29, 1.82) is 0 Å². The zero-order valence-electron chi connectivity index (χ0n) is 21.2. The number of carbonyl (C=O) groups is 1. The van der Waals surface area contributed by atoms with Gasteiger partial charge in [0.05, 0.1) is 19.8 Å². The van der Waals surface area contributed by atoms with E-state index in [9.17, 15) is 9.90 Å². The number of carbonyl (C=O) groups excluding carboxylic acids is 1. The molecule has 0 aromatic heterocycles. The number of esters is 1. The minimum absolute atomic E-state index is 0.0957. The molecule has 4 rings (SSSR count). The molecule has 1 N–H and O–H groups in total. The molecule has 5 atom stereocenters. The van der Waals surface area contributed by atoms with E-state index in [-0.39, 0.29) is 26.4 Å². The van der Waals surface area contributed by atoms with E-state index in [1.165, 1.54) is 13.8 Å². The normalized spacial score (nSPS) is 25.5. The molecule has 1 aliphatic heterocycles. The Morgan fingerprint density at radius 3 is 1.65 bits per heavy atom. The van der Waals surface area contributed by atoms with Gasteiger partial charge in [0.15, 0.2) is 5.79 Å². The second kappa shape index (κ2) is 12.9. The zero-order chi connectivity index (χ0) is 26.1. The van der Waals surface area contributed by atoms with Crippen LogP contribution < -0.4 is 0 Å². The summed E-state index contributed by atoms with van der Waals surface area (Å²) in [5.41, 5.74) is 2.88. The SMILES string of the molecule is CC(=O)OC[C@H]1O[C@](C)(O)[C@H](OCc2ccccc2)[C@@H](OCc2ccccc2)[C@@H]1OCc1ccccc1. The van der Waals surface area contributed by atoms with Crippen molar-refractivity contribution in [2.45, 2.75) is 63.9 Å². The Hall–Kier alpha value is -3.07. The van der Waals surface area contributed by atoms with Crippen LogP contribution in [-0.4, -0.2) is 47.9 Å². The Morgan fingerprint density at radius 2 is 1.19 bits per heavy atom. The third-order valence-electron chi connectivity index (χ3n) is 6.20. The van der Waals surface area contributed by atoms with E-state index in [0.717, 1.165) is 16.7 Å². The molecule has 3 aromatic carbocycles. The smallest absolute Gasteiger partial charge is 0.302 e. The van der Waals surface area contributed by atoms with E-state index >= 15 is 0 Å². The summed E-state index contributed by atoms with van der Waals surface area (Å²) < 4.78 is 30.4. The van der Waals surface area contributed by atoms with Gasteiger partial charge < -0.3 is 28.8 Å². The molecular weight excluding hydrogens is 472 g/mol. The standard InChI is InChI=1S/C30H34O7/c1-22(31)33-21-26-27(34-18-23-12-6-3-7-13-23)28(35-19-24-14-8-4-9-15-24)29(30(2,32)37-26)36-20-25-16-10-5-11-17-25/h3-17,26-29,32H,18-21H2,1-2H3/t26-,27-,28+,29-,30+/m1/s1. The molecular formula is C30H34O7. The fourth-order valence-electron chi connectivity index (χ4n) is 4.39. The van der Waals surface area contributed by atoms with E-state index in [2.05, 4.69) is 0 Å². The maximum Gasteiger partial charge on any atom is 0.302 e. The Bertz CT molecular complexity index is 1090. The van der Waals surface area contributed by atoms with Crippen LogP contribution in [0.15, 0.2) is 91.0 Å². The second-order valence-corrected chi connectivity index (χ2v) is 9.25. The van der Waals surface area contributed by atoms with Gasteiger partial charge in [-0.3, -0.25) is 4.79 Å². The van der Waals surface area contributed by atoms with Gasteiger partial charge in [-0.1, -0.05) is 91.0 Å². The van der Waals surface area contributed by atoms with Gasteiger partial charge in [0.1, 0.15) is 31.0 Å². The first-order valence-electron chi connectivity index (χ1n) is 12.4. The third kappa shape index (κ3) is 7.71.